The minimum absolute atomic E-state index is 0.0204. The highest BCUT2D eigenvalue weighted by atomic mass is 16.1. The number of carbonyl (C=O) groups excluding carboxylic acids is 2. The van der Waals surface area contributed by atoms with Gasteiger partial charge in [-0.1, -0.05) is 83.1 Å². The highest BCUT2D eigenvalue weighted by Crippen LogP contribution is 2.22. The van der Waals surface area contributed by atoms with Crippen molar-refractivity contribution in [3.63, 3.8) is 0 Å². The molecule has 0 spiro atoms. The minimum atomic E-state index is -0.0204. The summed E-state index contributed by atoms with van der Waals surface area (Å²) in [6.45, 7) is 10.6. The third-order valence-corrected chi connectivity index (χ3v) is 4.25. The van der Waals surface area contributed by atoms with Crippen LogP contribution in [0.1, 0.15) is 72.9 Å². The zero-order valence-corrected chi connectivity index (χ0v) is 16.6. The highest BCUT2D eigenvalue weighted by Gasteiger charge is 2.17. The van der Waals surface area contributed by atoms with Gasteiger partial charge in [-0.2, -0.15) is 0 Å². The molecule has 0 radical (unpaired) electrons. The first kappa shape index (κ1) is 20.1. The zero-order chi connectivity index (χ0) is 19.3. The Bertz CT molecular complexity index is 744. The Morgan fingerprint density at radius 1 is 0.769 bits per heavy atom. The Morgan fingerprint density at radius 3 is 1.69 bits per heavy atom. The van der Waals surface area contributed by atoms with Gasteiger partial charge in [0.2, 0.25) is 0 Å². The van der Waals surface area contributed by atoms with E-state index in [1.54, 1.807) is 0 Å². The van der Waals surface area contributed by atoms with Crippen molar-refractivity contribution in [2.24, 2.45) is 11.3 Å². The van der Waals surface area contributed by atoms with Crippen LogP contribution < -0.4 is 0 Å². The minimum Gasteiger partial charge on any atom is -0.294 e. The topological polar surface area (TPSA) is 34.1 Å². The zero-order valence-electron chi connectivity index (χ0n) is 16.6. The lowest BCUT2D eigenvalue weighted by atomic mass is 9.87. The lowest BCUT2D eigenvalue weighted by molar-refractivity contribution is 0.0939. The second-order valence-corrected chi connectivity index (χ2v) is 8.75. The van der Waals surface area contributed by atoms with E-state index in [-0.39, 0.29) is 17.0 Å². The maximum Gasteiger partial charge on any atom is 0.167 e. The number of Topliss-reactive ketones (excluding diaryl/α,β-unsaturated/α-hetero) is 2. The first-order valence-corrected chi connectivity index (χ1v) is 9.38. The van der Waals surface area contributed by atoms with Gasteiger partial charge < -0.3 is 0 Å². The summed E-state index contributed by atoms with van der Waals surface area (Å²) in [7, 11) is 0. The lowest BCUT2D eigenvalue weighted by Crippen LogP contribution is -2.13. The van der Waals surface area contributed by atoms with E-state index in [2.05, 4.69) is 34.6 Å². The molecule has 0 unspecified atom stereocenters. The summed E-state index contributed by atoms with van der Waals surface area (Å²) in [5.74, 6) is 0.863. The average molecular weight is 351 g/mol. The molecule has 2 heteroatoms. The van der Waals surface area contributed by atoms with Crippen molar-refractivity contribution < 1.29 is 9.59 Å². The summed E-state index contributed by atoms with van der Waals surface area (Å²) in [5.41, 5.74) is 3.64. The van der Waals surface area contributed by atoms with E-state index in [4.69, 9.17) is 0 Å². The van der Waals surface area contributed by atoms with Crippen LogP contribution in [0.3, 0.4) is 0 Å². The first-order valence-electron chi connectivity index (χ1n) is 9.38. The Balaban J connectivity index is 2.00. The molecule has 2 aromatic carbocycles. The van der Waals surface area contributed by atoms with Crippen LogP contribution in [0.5, 0.6) is 0 Å². The van der Waals surface area contributed by atoms with Gasteiger partial charge in [-0.15, -0.1) is 0 Å². The van der Waals surface area contributed by atoms with Gasteiger partial charge in [0.1, 0.15) is 0 Å². The largest absolute Gasteiger partial charge is 0.294 e. The third kappa shape index (κ3) is 6.25. The Morgan fingerprint density at radius 2 is 1.23 bits per heavy atom. The second kappa shape index (κ2) is 8.44. The van der Waals surface area contributed by atoms with Crippen LogP contribution in [-0.4, -0.2) is 11.6 Å². The number of rotatable bonds is 7. The number of hydrogen-bond acceptors (Lipinski definition) is 2. The van der Waals surface area contributed by atoms with E-state index in [1.165, 1.54) is 5.56 Å². The van der Waals surface area contributed by atoms with Gasteiger partial charge >= 0.3 is 0 Å². The number of benzene rings is 2. The van der Waals surface area contributed by atoms with Crippen LogP contribution in [0.4, 0.5) is 0 Å². The molecule has 0 saturated heterocycles. The molecule has 0 aliphatic heterocycles. The SMILES string of the molecule is CC(C)Cc1ccc(C(=O)Cc2ccc(C(=O)CC(C)(C)C)cc2)cc1. The second-order valence-electron chi connectivity index (χ2n) is 8.75. The Kier molecular flexibility index (Phi) is 6.52. The van der Waals surface area contributed by atoms with Crippen molar-refractivity contribution in [2.45, 2.75) is 53.9 Å². The van der Waals surface area contributed by atoms with E-state index >= 15 is 0 Å². The molecule has 0 amide bonds. The van der Waals surface area contributed by atoms with Crippen LogP contribution in [0.15, 0.2) is 48.5 Å². The molecule has 0 saturated carbocycles. The Hall–Kier alpha value is -2.22. The van der Waals surface area contributed by atoms with Gasteiger partial charge in [-0.25, -0.2) is 0 Å². The summed E-state index contributed by atoms with van der Waals surface area (Å²) in [6.07, 6.45) is 1.91. The van der Waals surface area contributed by atoms with Crippen molar-refractivity contribution >= 4 is 11.6 Å². The van der Waals surface area contributed by atoms with Crippen LogP contribution in [0.2, 0.25) is 0 Å². The molecule has 0 bridgehead atoms. The highest BCUT2D eigenvalue weighted by molar-refractivity contribution is 5.98. The fourth-order valence-corrected chi connectivity index (χ4v) is 2.98. The molecule has 0 heterocycles. The predicted octanol–water partition coefficient (Wildman–Crippen LogP) is 5.93. The van der Waals surface area contributed by atoms with Crippen LogP contribution in [0, 0.1) is 11.3 Å². The Labute approximate surface area is 157 Å². The van der Waals surface area contributed by atoms with Gasteiger partial charge in [0.25, 0.3) is 0 Å². The standard InChI is InChI=1S/C24H30O2/c1-17(2)14-18-6-10-20(11-7-18)22(25)15-19-8-12-21(13-9-19)23(26)16-24(3,4)5/h6-13,17H,14-16H2,1-5H3. The van der Waals surface area contributed by atoms with Crippen molar-refractivity contribution in [3.05, 3.63) is 70.8 Å². The molecular weight excluding hydrogens is 320 g/mol. The summed E-state index contributed by atoms with van der Waals surface area (Å²) in [5, 5.41) is 0. The van der Waals surface area contributed by atoms with Gasteiger partial charge in [0, 0.05) is 24.0 Å². The fourth-order valence-electron chi connectivity index (χ4n) is 2.98. The maximum absolute atomic E-state index is 12.5. The van der Waals surface area contributed by atoms with Gasteiger partial charge in [-0.05, 0) is 28.9 Å². The molecule has 0 aliphatic carbocycles. The first-order chi connectivity index (χ1) is 12.1. The average Bonchev–Trinajstić information content (AvgIpc) is 2.54. The molecule has 0 aliphatic rings. The molecule has 0 fully saturated rings. The van der Waals surface area contributed by atoms with Crippen LogP contribution in [-0.2, 0) is 12.8 Å². The van der Waals surface area contributed by atoms with Gasteiger partial charge in [0.05, 0.1) is 0 Å². The van der Waals surface area contributed by atoms with Crippen molar-refractivity contribution in [2.75, 3.05) is 0 Å². The van der Waals surface area contributed by atoms with E-state index in [0.717, 1.165) is 17.5 Å². The summed E-state index contributed by atoms with van der Waals surface area (Å²) < 4.78 is 0. The van der Waals surface area contributed by atoms with E-state index in [0.29, 0.717) is 24.3 Å². The third-order valence-electron chi connectivity index (χ3n) is 4.25. The van der Waals surface area contributed by atoms with E-state index in [1.807, 2.05) is 48.5 Å². The summed E-state index contributed by atoms with van der Waals surface area (Å²) >= 11 is 0. The van der Waals surface area contributed by atoms with E-state index in [9.17, 15) is 9.59 Å². The molecule has 0 aromatic heterocycles. The molecule has 2 aromatic rings. The molecule has 2 nitrogen and oxygen atoms in total. The smallest absolute Gasteiger partial charge is 0.167 e. The monoisotopic (exact) mass is 350 g/mol. The molecular formula is C24H30O2. The van der Waals surface area contributed by atoms with Gasteiger partial charge in [-0.3, -0.25) is 9.59 Å². The number of hydrogen-bond donors (Lipinski definition) is 0. The molecule has 2 rings (SSSR count). The summed E-state index contributed by atoms with van der Waals surface area (Å²) in [6, 6.07) is 15.4. The predicted molar refractivity (Wildman–Crippen MR) is 108 cm³/mol. The van der Waals surface area contributed by atoms with Crippen molar-refractivity contribution in [1.82, 2.24) is 0 Å². The summed E-state index contributed by atoms with van der Waals surface area (Å²) in [4.78, 5) is 24.7. The van der Waals surface area contributed by atoms with Crippen molar-refractivity contribution in [3.8, 4) is 0 Å². The quantitative estimate of drug-likeness (QED) is 0.580. The number of ketones is 2. The molecule has 138 valence electrons. The molecule has 0 N–H and O–H groups in total. The van der Waals surface area contributed by atoms with Crippen LogP contribution in [0.25, 0.3) is 0 Å². The lowest BCUT2D eigenvalue weighted by Gasteiger charge is -2.16. The normalized spacial score (nSPS) is 11.6. The van der Waals surface area contributed by atoms with Gasteiger partial charge in [0.15, 0.2) is 11.6 Å². The molecule has 0 atom stereocenters. The number of carbonyl (C=O) groups is 2. The van der Waals surface area contributed by atoms with E-state index < -0.39 is 0 Å². The maximum atomic E-state index is 12.5. The fraction of sp³-hybridized carbons (Fsp3) is 0.417. The van der Waals surface area contributed by atoms with Crippen LogP contribution >= 0.6 is 0 Å². The molecule has 26 heavy (non-hydrogen) atoms. The van der Waals surface area contributed by atoms with Crippen molar-refractivity contribution in [1.29, 1.82) is 0 Å².